The van der Waals surface area contributed by atoms with Crippen LogP contribution in [-0.4, -0.2) is 23.9 Å². The van der Waals surface area contributed by atoms with Crippen molar-refractivity contribution in [2.45, 2.75) is 33.2 Å². The van der Waals surface area contributed by atoms with E-state index in [9.17, 15) is 9.18 Å². The molecule has 0 aliphatic carbocycles. The zero-order chi connectivity index (χ0) is 13.9. The molecule has 1 aromatic carbocycles. The van der Waals surface area contributed by atoms with Crippen LogP contribution in [0.3, 0.4) is 0 Å². The third-order valence-corrected chi connectivity index (χ3v) is 3.04. The van der Waals surface area contributed by atoms with E-state index in [2.05, 4.69) is 13.8 Å². The predicted molar refractivity (Wildman–Crippen MR) is 71.8 cm³/mol. The van der Waals surface area contributed by atoms with Crippen molar-refractivity contribution in [3.63, 3.8) is 0 Å². The summed E-state index contributed by atoms with van der Waals surface area (Å²) in [6, 6.07) is 4.29. The van der Waals surface area contributed by atoms with Crippen LogP contribution in [0.25, 0.3) is 0 Å². The molecule has 3 nitrogen and oxygen atoms in total. The van der Waals surface area contributed by atoms with E-state index in [1.807, 2.05) is 6.92 Å². The monoisotopic (exact) mass is 252 g/mol. The van der Waals surface area contributed by atoms with Crippen LogP contribution in [-0.2, 0) is 0 Å². The molecular weight excluding hydrogens is 231 g/mol. The molecule has 0 aromatic heterocycles. The van der Waals surface area contributed by atoms with Crippen molar-refractivity contribution in [2.75, 3.05) is 12.8 Å². The Morgan fingerprint density at radius 3 is 2.50 bits per heavy atom. The van der Waals surface area contributed by atoms with Gasteiger partial charge < -0.3 is 10.6 Å². The molecule has 1 aromatic rings. The van der Waals surface area contributed by atoms with E-state index in [1.54, 1.807) is 18.0 Å². The predicted octanol–water partition coefficient (Wildman–Crippen LogP) is 2.91. The highest BCUT2D eigenvalue weighted by molar-refractivity contribution is 5.94. The van der Waals surface area contributed by atoms with Gasteiger partial charge in [-0.15, -0.1) is 0 Å². The number of benzene rings is 1. The van der Waals surface area contributed by atoms with E-state index in [4.69, 9.17) is 5.73 Å². The van der Waals surface area contributed by atoms with Gasteiger partial charge in [0.15, 0.2) is 0 Å². The fourth-order valence-corrected chi connectivity index (χ4v) is 1.90. The Balaban J connectivity index is 2.82. The first-order chi connectivity index (χ1) is 8.32. The van der Waals surface area contributed by atoms with Crippen LogP contribution in [0.1, 0.15) is 37.6 Å². The second-order valence-electron chi connectivity index (χ2n) is 5.13. The molecule has 0 radical (unpaired) electrons. The highest BCUT2D eigenvalue weighted by Gasteiger charge is 2.19. The molecule has 1 atom stereocenters. The molecule has 4 heteroatoms. The molecule has 2 N–H and O–H groups in total. The summed E-state index contributed by atoms with van der Waals surface area (Å²) in [5.41, 5.74) is 5.78. The number of halogens is 1. The van der Waals surface area contributed by atoms with Gasteiger partial charge in [-0.3, -0.25) is 4.79 Å². The third-order valence-electron chi connectivity index (χ3n) is 3.04. The number of amides is 1. The second-order valence-corrected chi connectivity index (χ2v) is 5.13. The lowest BCUT2D eigenvalue weighted by Crippen LogP contribution is -2.35. The topological polar surface area (TPSA) is 46.3 Å². The Morgan fingerprint density at radius 1 is 1.39 bits per heavy atom. The molecule has 0 aliphatic rings. The molecular formula is C14H21FN2O. The zero-order valence-electron chi connectivity index (χ0n) is 11.4. The first-order valence-corrected chi connectivity index (χ1v) is 6.15. The van der Waals surface area contributed by atoms with Gasteiger partial charge in [-0.05, 0) is 37.5 Å². The molecule has 0 spiro atoms. The maximum atomic E-state index is 13.3. The average Bonchev–Trinajstić information content (AvgIpc) is 2.30. The fourth-order valence-electron chi connectivity index (χ4n) is 1.90. The van der Waals surface area contributed by atoms with E-state index >= 15 is 0 Å². The van der Waals surface area contributed by atoms with Crippen molar-refractivity contribution in [3.05, 3.63) is 29.6 Å². The van der Waals surface area contributed by atoms with Gasteiger partial charge in [0.1, 0.15) is 5.82 Å². The number of rotatable bonds is 4. The van der Waals surface area contributed by atoms with Gasteiger partial charge in [0.05, 0.1) is 5.69 Å². The van der Waals surface area contributed by atoms with E-state index < -0.39 is 5.82 Å². The standard InChI is InChI=1S/C14H21FN2O/c1-9(2)7-10(3)17(4)14(18)11-5-6-13(16)12(15)8-11/h5-6,8-10H,7,16H2,1-4H3. The maximum Gasteiger partial charge on any atom is 0.253 e. The van der Waals surface area contributed by atoms with Crippen LogP contribution in [0, 0.1) is 11.7 Å². The van der Waals surface area contributed by atoms with Gasteiger partial charge in [-0.25, -0.2) is 4.39 Å². The molecule has 1 unspecified atom stereocenters. The van der Waals surface area contributed by atoms with Crippen LogP contribution in [0.4, 0.5) is 10.1 Å². The summed E-state index contributed by atoms with van der Waals surface area (Å²) >= 11 is 0. The smallest absolute Gasteiger partial charge is 0.253 e. The zero-order valence-corrected chi connectivity index (χ0v) is 11.4. The number of hydrogen-bond acceptors (Lipinski definition) is 2. The van der Waals surface area contributed by atoms with Gasteiger partial charge in [0.2, 0.25) is 0 Å². The van der Waals surface area contributed by atoms with Crippen LogP contribution in [0.5, 0.6) is 0 Å². The summed E-state index contributed by atoms with van der Waals surface area (Å²) in [6.45, 7) is 6.21. The third kappa shape index (κ3) is 3.45. The van der Waals surface area contributed by atoms with E-state index in [0.29, 0.717) is 11.5 Å². The van der Waals surface area contributed by atoms with Crippen LogP contribution < -0.4 is 5.73 Å². The number of nitrogens with zero attached hydrogens (tertiary/aromatic N) is 1. The Labute approximate surface area is 108 Å². The lowest BCUT2D eigenvalue weighted by molar-refractivity contribution is 0.0728. The number of hydrogen-bond donors (Lipinski definition) is 1. The highest BCUT2D eigenvalue weighted by atomic mass is 19.1. The molecule has 100 valence electrons. The number of carbonyl (C=O) groups excluding carboxylic acids is 1. The molecule has 18 heavy (non-hydrogen) atoms. The summed E-state index contributed by atoms with van der Waals surface area (Å²) in [4.78, 5) is 13.8. The first-order valence-electron chi connectivity index (χ1n) is 6.15. The van der Waals surface area contributed by atoms with Gasteiger partial charge >= 0.3 is 0 Å². The van der Waals surface area contributed by atoms with Crippen molar-refractivity contribution in [1.29, 1.82) is 0 Å². The molecule has 0 heterocycles. The SMILES string of the molecule is CC(C)CC(C)N(C)C(=O)c1ccc(N)c(F)c1. The van der Waals surface area contributed by atoms with Crippen molar-refractivity contribution in [3.8, 4) is 0 Å². The quantitative estimate of drug-likeness (QED) is 0.837. The number of carbonyl (C=O) groups is 1. The first kappa shape index (κ1) is 14.5. The van der Waals surface area contributed by atoms with E-state index in [-0.39, 0.29) is 17.6 Å². The Morgan fingerprint density at radius 2 is 2.00 bits per heavy atom. The van der Waals surface area contributed by atoms with Crippen molar-refractivity contribution < 1.29 is 9.18 Å². The summed E-state index contributed by atoms with van der Waals surface area (Å²) in [5, 5.41) is 0. The lowest BCUT2D eigenvalue weighted by Gasteiger charge is -2.26. The van der Waals surface area contributed by atoms with E-state index in [1.165, 1.54) is 12.1 Å². The highest BCUT2D eigenvalue weighted by Crippen LogP contribution is 2.16. The minimum Gasteiger partial charge on any atom is -0.396 e. The van der Waals surface area contributed by atoms with Crippen LogP contribution in [0.15, 0.2) is 18.2 Å². The summed E-state index contributed by atoms with van der Waals surface area (Å²) in [7, 11) is 1.74. The molecule has 0 saturated carbocycles. The van der Waals surface area contributed by atoms with Gasteiger partial charge in [0, 0.05) is 18.7 Å². The summed E-state index contributed by atoms with van der Waals surface area (Å²) < 4.78 is 13.3. The van der Waals surface area contributed by atoms with Gasteiger partial charge in [-0.2, -0.15) is 0 Å². The molecule has 0 saturated heterocycles. The molecule has 1 rings (SSSR count). The van der Waals surface area contributed by atoms with Gasteiger partial charge in [-0.1, -0.05) is 13.8 Å². The Bertz CT molecular complexity index is 432. The van der Waals surface area contributed by atoms with Crippen LogP contribution in [0.2, 0.25) is 0 Å². The van der Waals surface area contributed by atoms with Crippen molar-refractivity contribution >= 4 is 11.6 Å². The summed E-state index contributed by atoms with van der Waals surface area (Å²) in [5.74, 6) is -0.216. The second kappa shape index (κ2) is 5.85. The number of nitrogen functional groups attached to an aromatic ring is 1. The number of anilines is 1. The minimum atomic E-state index is -0.550. The lowest BCUT2D eigenvalue weighted by atomic mass is 10.0. The Hall–Kier alpha value is -1.58. The largest absolute Gasteiger partial charge is 0.396 e. The normalized spacial score (nSPS) is 12.6. The minimum absolute atomic E-state index is 0.0597. The Kier molecular flexibility index (Phi) is 4.70. The molecule has 1 amide bonds. The fraction of sp³-hybridized carbons (Fsp3) is 0.500. The van der Waals surface area contributed by atoms with Crippen molar-refractivity contribution in [2.24, 2.45) is 5.92 Å². The van der Waals surface area contributed by atoms with Crippen LogP contribution >= 0.6 is 0 Å². The van der Waals surface area contributed by atoms with Gasteiger partial charge in [0.25, 0.3) is 5.91 Å². The molecule has 0 bridgehead atoms. The molecule has 0 fully saturated rings. The average molecular weight is 252 g/mol. The maximum absolute atomic E-state index is 13.3. The molecule has 0 aliphatic heterocycles. The van der Waals surface area contributed by atoms with Crippen molar-refractivity contribution in [1.82, 2.24) is 4.90 Å². The number of nitrogens with two attached hydrogens (primary N) is 1. The summed E-state index contributed by atoms with van der Waals surface area (Å²) in [6.07, 6.45) is 0.916. The van der Waals surface area contributed by atoms with E-state index in [0.717, 1.165) is 6.42 Å².